The summed E-state index contributed by atoms with van der Waals surface area (Å²) in [6, 6.07) is 4.76. The lowest BCUT2D eigenvalue weighted by Crippen LogP contribution is -2.46. The smallest absolute Gasteiger partial charge is 0.294 e. The third-order valence-electron chi connectivity index (χ3n) is 3.80. The maximum absolute atomic E-state index is 12.4. The minimum Gasteiger partial charge on any atom is -0.507 e. The standard InChI is InChI=1S/C16H15BrN2O5S/c17-11-7-10(1-2-12(11)20)8-13-15(22)19(16(23)25-13)9-14(21)18-3-5-24-6-4-18/h1-2,7-8,20H,3-6,9H2/b13-8-. The van der Waals surface area contributed by atoms with Crippen molar-refractivity contribution in [3.8, 4) is 5.75 Å². The van der Waals surface area contributed by atoms with Crippen molar-refractivity contribution in [2.24, 2.45) is 0 Å². The quantitative estimate of drug-likeness (QED) is 0.744. The van der Waals surface area contributed by atoms with Crippen molar-refractivity contribution in [2.45, 2.75) is 0 Å². The van der Waals surface area contributed by atoms with Gasteiger partial charge in [-0.15, -0.1) is 0 Å². The maximum Gasteiger partial charge on any atom is 0.294 e. The van der Waals surface area contributed by atoms with Crippen LogP contribution in [0.15, 0.2) is 27.6 Å². The molecule has 2 fully saturated rings. The van der Waals surface area contributed by atoms with E-state index in [0.29, 0.717) is 36.3 Å². The molecule has 1 aromatic rings. The topological polar surface area (TPSA) is 87.2 Å². The molecule has 2 aliphatic heterocycles. The SMILES string of the molecule is O=C(CN1C(=O)S/C(=C\c2ccc(O)c(Br)c2)C1=O)N1CCOCC1. The predicted octanol–water partition coefficient (Wildman–Crippen LogP) is 2.05. The Morgan fingerprint density at radius 2 is 2.04 bits per heavy atom. The van der Waals surface area contributed by atoms with Crippen molar-refractivity contribution in [1.82, 2.24) is 9.80 Å². The van der Waals surface area contributed by atoms with E-state index < -0.39 is 11.1 Å². The molecule has 2 heterocycles. The van der Waals surface area contributed by atoms with Crippen molar-refractivity contribution in [1.29, 1.82) is 0 Å². The Bertz CT molecular complexity index is 761. The van der Waals surface area contributed by atoms with E-state index in [2.05, 4.69) is 15.9 Å². The molecule has 0 bridgehead atoms. The second-order valence-corrected chi connectivity index (χ2v) is 7.32. The van der Waals surface area contributed by atoms with Crippen LogP contribution < -0.4 is 0 Å². The van der Waals surface area contributed by atoms with Gasteiger partial charge < -0.3 is 14.7 Å². The summed E-state index contributed by atoms with van der Waals surface area (Å²) in [6.07, 6.45) is 1.56. The molecule has 2 saturated heterocycles. The second kappa shape index (κ2) is 7.59. The summed E-state index contributed by atoms with van der Waals surface area (Å²) in [5.41, 5.74) is 0.662. The molecule has 9 heteroatoms. The van der Waals surface area contributed by atoms with Crippen molar-refractivity contribution < 1.29 is 24.2 Å². The van der Waals surface area contributed by atoms with Crippen LogP contribution in [0.5, 0.6) is 5.75 Å². The predicted molar refractivity (Wildman–Crippen MR) is 95.9 cm³/mol. The summed E-state index contributed by atoms with van der Waals surface area (Å²) >= 11 is 4.00. The number of rotatable bonds is 3. The number of hydrogen-bond donors (Lipinski definition) is 1. The zero-order valence-corrected chi connectivity index (χ0v) is 15.5. The molecule has 3 rings (SSSR count). The number of morpholine rings is 1. The number of ether oxygens (including phenoxy) is 1. The number of carbonyl (C=O) groups is 3. The molecule has 3 amide bonds. The van der Waals surface area contributed by atoms with Crippen LogP contribution in [0.4, 0.5) is 4.79 Å². The van der Waals surface area contributed by atoms with E-state index in [-0.39, 0.29) is 23.1 Å². The Hall–Kier alpha value is -1.84. The fourth-order valence-corrected chi connectivity index (χ4v) is 3.68. The summed E-state index contributed by atoms with van der Waals surface area (Å²) in [7, 11) is 0. The Labute approximate surface area is 156 Å². The summed E-state index contributed by atoms with van der Waals surface area (Å²) in [6.45, 7) is 1.59. The van der Waals surface area contributed by atoms with Gasteiger partial charge in [0.25, 0.3) is 11.1 Å². The van der Waals surface area contributed by atoms with Crippen LogP contribution in [0, 0.1) is 0 Å². The average Bonchev–Trinajstić information content (AvgIpc) is 2.86. The minimum absolute atomic E-state index is 0.0846. The monoisotopic (exact) mass is 426 g/mol. The number of thioether (sulfide) groups is 1. The minimum atomic E-state index is -0.485. The van der Waals surface area contributed by atoms with Crippen molar-refractivity contribution >= 4 is 50.8 Å². The van der Waals surface area contributed by atoms with Gasteiger partial charge in [0, 0.05) is 13.1 Å². The zero-order chi connectivity index (χ0) is 18.0. The summed E-state index contributed by atoms with van der Waals surface area (Å²) < 4.78 is 5.68. The van der Waals surface area contributed by atoms with Crippen LogP contribution in [-0.2, 0) is 14.3 Å². The van der Waals surface area contributed by atoms with Crippen LogP contribution in [0.25, 0.3) is 6.08 Å². The Kier molecular flexibility index (Phi) is 5.45. The third-order valence-corrected chi connectivity index (χ3v) is 5.34. The highest BCUT2D eigenvalue weighted by molar-refractivity contribution is 9.10. The van der Waals surface area contributed by atoms with Gasteiger partial charge in [0.1, 0.15) is 12.3 Å². The molecule has 0 saturated carbocycles. The van der Waals surface area contributed by atoms with E-state index >= 15 is 0 Å². The number of benzene rings is 1. The largest absolute Gasteiger partial charge is 0.507 e. The van der Waals surface area contributed by atoms with Crippen molar-refractivity contribution in [3.63, 3.8) is 0 Å². The molecule has 0 spiro atoms. The number of imide groups is 1. The number of nitrogens with zero attached hydrogens (tertiary/aromatic N) is 2. The average molecular weight is 427 g/mol. The van der Waals surface area contributed by atoms with E-state index in [1.54, 1.807) is 23.1 Å². The molecule has 1 aromatic carbocycles. The number of aromatic hydroxyl groups is 1. The molecule has 0 radical (unpaired) electrons. The normalized spacial score (nSPS) is 19.8. The molecular formula is C16H15BrN2O5S. The number of halogens is 1. The van der Waals surface area contributed by atoms with Gasteiger partial charge in [-0.1, -0.05) is 6.07 Å². The van der Waals surface area contributed by atoms with Crippen LogP contribution >= 0.6 is 27.7 Å². The van der Waals surface area contributed by atoms with Gasteiger partial charge >= 0.3 is 0 Å². The molecule has 0 aromatic heterocycles. The lowest BCUT2D eigenvalue weighted by atomic mass is 10.2. The first-order valence-corrected chi connectivity index (χ1v) is 9.16. The van der Waals surface area contributed by atoms with E-state index in [4.69, 9.17) is 4.74 Å². The highest BCUT2D eigenvalue weighted by Crippen LogP contribution is 2.33. The van der Waals surface area contributed by atoms with Crippen molar-refractivity contribution in [2.75, 3.05) is 32.8 Å². The molecule has 0 unspecified atom stereocenters. The first-order valence-electron chi connectivity index (χ1n) is 7.55. The number of hydrogen-bond acceptors (Lipinski definition) is 6. The Morgan fingerprint density at radius 3 is 2.72 bits per heavy atom. The van der Waals surface area contributed by atoms with Gasteiger partial charge in [0.05, 0.1) is 22.6 Å². The van der Waals surface area contributed by atoms with Crippen LogP contribution in [0.2, 0.25) is 0 Å². The van der Waals surface area contributed by atoms with Gasteiger partial charge in [0.2, 0.25) is 5.91 Å². The molecule has 2 aliphatic rings. The lowest BCUT2D eigenvalue weighted by Gasteiger charge is -2.28. The van der Waals surface area contributed by atoms with E-state index in [1.165, 1.54) is 6.07 Å². The molecular weight excluding hydrogens is 412 g/mol. The third kappa shape index (κ3) is 4.05. The number of amides is 3. The summed E-state index contributed by atoms with van der Waals surface area (Å²) in [4.78, 5) is 39.6. The van der Waals surface area contributed by atoms with E-state index in [1.807, 2.05) is 0 Å². The Morgan fingerprint density at radius 1 is 1.32 bits per heavy atom. The van der Waals surface area contributed by atoms with Crippen LogP contribution in [-0.4, -0.2) is 64.8 Å². The number of carbonyl (C=O) groups excluding carboxylic acids is 3. The molecule has 7 nitrogen and oxygen atoms in total. The summed E-state index contributed by atoms with van der Waals surface area (Å²) in [5.74, 6) is -0.665. The maximum atomic E-state index is 12.4. The van der Waals surface area contributed by atoms with E-state index in [0.717, 1.165) is 16.7 Å². The Balaban J connectivity index is 1.72. The molecule has 0 atom stereocenters. The fourth-order valence-electron chi connectivity index (χ4n) is 2.45. The van der Waals surface area contributed by atoms with Crippen molar-refractivity contribution in [3.05, 3.63) is 33.1 Å². The second-order valence-electron chi connectivity index (χ2n) is 5.47. The molecule has 1 N–H and O–H groups in total. The van der Waals surface area contributed by atoms with Gasteiger partial charge in [0.15, 0.2) is 0 Å². The van der Waals surface area contributed by atoms with Gasteiger partial charge in [-0.3, -0.25) is 19.3 Å². The summed E-state index contributed by atoms with van der Waals surface area (Å²) in [5, 5.41) is 9.05. The fraction of sp³-hybridized carbons (Fsp3) is 0.312. The highest BCUT2D eigenvalue weighted by atomic mass is 79.9. The van der Waals surface area contributed by atoms with E-state index in [9.17, 15) is 19.5 Å². The van der Waals surface area contributed by atoms with Gasteiger partial charge in [-0.05, 0) is 51.5 Å². The number of phenolic OH excluding ortho intramolecular Hbond substituents is 1. The van der Waals surface area contributed by atoms with Crippen LogP contribution in [0.3, 0.4) is 0 Å². The first kappa shape index (κ1) is 18.0. The molecule has 132 valence electrons. The first-order chi connectivity index (χ1) is 12.0. The highest BCUT2D eigenvalue weighted by Gasteiger charge is 2.37. The molecule has 25 heavy (non-hydrogen) atoms. The lowest BCUT2D eigenvalue weighted by molar-refractivity contribution is -0.139. The number of phenols is 1. The van der Waals surface area contributed by atoms with Gasteiger partial charge in [-0.25, -0.2) is 0 Å². The van der Waals surface area contributed by atoms with Gasteiger partial charge in [-0.2, -0.15) is 0 Å². The van der Waals surface area contributed by atoms with Crippen LogP contribution in [0.1, 0.15) is 5.56 Å². The zero-order valence-electron chi connectivity index (χ0n) is 13.1. The molecule has 0 aliphatic carbocycles.